The molecule has 19 heavy (non-hydrogen) atoms. The summed E-state index contributed by atoms with van der Waals surface area (Å²) < 4.78 is 28.3. The summed E-state index contributed by atoms with van der Waals surface area (Å²) in [6, 6.07) is -0.110. The van der Waals surface area contributed by atoms with Crippen molar-refractivity contribution < 1.29 is 13.5 Å². The van der Waals surface area contributed by atoms with Crippen LogP contribution in [0, 0.1) is 5.92 Å². The molecule has 0 aromatic carbocycles. The first-order chi connectivity index (χ1) is 8.89. The maximum atomic E-state index is 12.1. The number of aliphatic hydroxyl groups excluding tert-OH is 1. The molecule has 0 amide bonds. The molecule has 1 heterocycles. The lowest BCUT2D eigenvalue weighted by molar-refractivity contribution is 0.269. The Hall–Kier alpha value is -0.920. The third-order valence-electron chi connectivity index (χ3n) is 3.06. The van der Waals surface area contributed by atoms with E-state index in [0.717, 1.165) is 12.8 Å². The molecule has 0 fully saturated rings. The largest absolute Gasteiger partial charge is 0.394 e. The minimum Gasteiger partial charge on any atom is -0.394 e. The Morgan fingerprint density at radius 2 is 2.16 bits per heavy atom. The fourth-order valence-corrected chi connectivity index (χ4v) is 3.07. The van der Waals surface area contributed by atoms with Crippen LogP contribution in [0.4, 0.5) is 0 Å². The molecule has 110 valence electrons. The predicted octanol–water partition coefficient (Wildman–Crippen LogP) is 0.978. The van der Waals surface area contributed by atoms with Crippen molar-refractivity contribution in [3.8, 4) is 0 Å². The minimum absolute atomic E-state index is 0.0704. The SMILES string of the molecule is CCC(C)CC(C)NS(=O)(=O)c1cnn(CCO)c1. The monoisotopic (exact) mass is 289 g/mol. The van der Waals surface area contributed by atoms with Gasteiger partial charge in [0.1, 0.15) is 4.90 Å². The second kappa shape index (κ2) is 7.02. The second-order valence-corrected chi connectivity index (χ2v) is 6.65. The van der Waals surface area contributed by atoms with Crippen LogP contribution < -0.4 is 4.72 Å². The Morgan fingerprint density at radius 3 is 2.74 bits per heavy atom. The van der Waals surface area contributed by atoms with Gasteiger partial charge in [-0.3, -0.25) is 4.68 Å². The number of aliphatic hydroxyl groups is 1. The van der Waals surface area contributed by atoms with Crippen LogP contribution in [-0.2, 0) is 16.6 Å². The molecule has 0 aliphatic carbocycles. The summed E-state index contributed by atoms with van der Waals surface area (Å²) in [4.78, 5) is 0.136. The topological polar surface area (TPSA) is 84.2 Å². The fourth-order valence-electron chi connectivity index (χ4n) is 1.86. The molecule has 2 atom stereocenters. The summed E-state index contributed by atoms with van der Waals surface area (Å²) in [7, 11) is -3.53. The first-order valence-electron chi connectivity index (χ1n) is 6.54. The molecule has 2 unspecified atom stereocenters. The number of aromatic nitrogens is 2. The zero-order valence-electron chi connectivity index (χ0n) is 11.7. The summed E-state index contributed by atoms with van der Waals surface area (Å²) in [5.41, 5.74) is 0. The lowest BCUT2D eigenvalue weighted by Gasteiger charge is -2.16. The van der Waals surface area contributed by atoms with Crippen molar-refractivity contribution in [1.82, 2.24) is 14.5 Å². The Kier molecular flexibility index (Phi) is 5.96. The van der Waals surface area contributed by atoms with Gasteiger partial charge < -0.3 is 5.11 Å². The van der Waals surface area contributed by atoms with E-state index in [9.17, 15) is 8.42 Å². The van der Waals surface area contributed by atoms with Crippen molar-refractivity contribution in [3.63, 3.8) is 0 Å². The Balaban J connectivity index is 2.69. The van der Waals surface area contributed by atoms with Gasteiger partial charge in [0.25, 0.3) is 0 Å². The molecule has 2 N–H and O–H groups in total. The molecular weight excluding hydrogens is 266 g/mol. The highest BCUT2D eigenvalue weighted by Gasteiger charge is 2.20. The molecule has 0 radical (unpaired) electrons. The van der Waals surface area contributed by atoms with Crippen molar-refractivity contribution in [2.45, 2.75) is 51.1 Å². The van der Waals surface area contributed by atoms with Crippen LogP contribution in [0.25, 0.3) is 0 Å². The second-order valence-electron chi connectivity index (χ2n) is 4.93. The standard InChI is InChI=1S/C12H23N3O3S/c1-4-10(2)7-11(3)14-19(17,18)12-8-13-15(9-12)5-6-16/h8-11,14,16H,4-7H2,1-3H3. The number of rotatable bonds is 8. The van der Waals surface area contributed by atoms with Crippen LogP contribution in [-0.4, -0.2) is 36.0 Å². The van der Waals surface area contributed by atoms with E-state index in [2.05, 4.69) is 23.7 Å². The quantitative estimate of drug-likeness (QED) is 0.747. The van der Waals surface area contributed by atoms with Gasteiger partial charge in [0, 0.05) is 12.2 Å². The third-order valence-corrected chi connectivity index (χ3v) is 4.60. The summed E-state index contributed by atoms with van der Waals surface area (Å²) in [5, 5.41) is 12.7. The average Bonchev–Trinajstić information content (AvgIpc) is 2.78. The van der Waals surface area contributed by atoms with Gasteiger partial charge in [0.05, 0.1) is 19.3 Å². The molecule has 0 spiro atoms. The highest BCUT2D eigenvalue weighted by molar-refractivity contribution is 7.89. The van der Waals surface area contributed by atoms with Crippen molar-refractivity contribution in [2.75, 3.05) is 6.61 Å². The third kappa shape index (κ3) is 4.93. The first kappa shape index (κ1) is 16.1. The van der Waals surface area contributed by atoms with Crippen molar-refractivity contribution >= 4 is 10.0 Å². The van der Waals surface area contributed by atoms with Gasteiger partial charge in [-0.2, -0.15) is 5.10 Å². The van der Waals surface area contributed by atoms with Crippen molar-refractivity contribution in [3.05, 3.63) is 12.4 Å². The lowest BCUT2D eigenvalue weighted by atomic mass is 10.0. The van der Waals surface area contributed by atoms with E-state index >= 15 is 0 Å². The van der Waals surface area contributed by atoms with Crippen LogP contribution in [0.5, 0.6) is 0 Å². The maximum Gasteiger partial charge on any atom is 0.243 e. The van der Waals surface area contributed by atoms with Gasteiger partial charge in [-0.05, 0) is 19.3 Å². The number of sulfonamides is 1. The van der Waals surface area contributed by atoms with Crippen LogP contribution >= 0.6 is 0 Å². The summed E-state index contributed by atoms with van der Waals surface area (Å²) in [6.45, 7) is 6.27. The van der Waals surface area contributed by atoms with Gasteiger partial charge in [0.2, 0.25) is 10.0 Å². The van der Waals surface area contributed by atoms with Gasteiger partial charge >= 0.3 is 0 Å². The van der Waals surface area contributed by atoms with Crippen molar-refractivity contribution in [2.24, 2.45) is 5.92 Å². The van der Waals surface area contributed by atoms with Crippen LogP contribution in [0.3, 0.4) is 0 Å². The normalized spacial score (nSPS) is 15.4. The number of nitrogens with zero attached hydrogens (tertiary/aromatic N) is 2. The van der Waals surface area contributed by atoms with E-state index < -0.39 is 10.0 Å². The molecule has 1 aromatic rings. The zero-order chi connectivity index (χ0) is 14.5. The molecule has 0 saturated carbocycles. The lowest BCUT2D eigenvalue weighted by Crippen LogP contribution is -2.33. The fraction of sp³-hybridized carbons (Fsp3) is 0.750. The van der Waals surface area contributed by atoms with Crippen LogP contribution in [0.15, 0.2) is 17.3 Å². The molecule has 0 bridgehead atoms. The molecule has 0 aliphatic heterocycles. The molecule has 1 rings (SSSR count). The Labute approximate surface area is 114 Å². The molecule has 7 heteroatoms. The number of hydrogen-bond acceptors (Lipinski definition) is 4. The minimum atomic E-state index is -3.53. The van der Waals surface area contributed by atoms with Gasteiger partial charge in [0.15, 0.2) is 0 Å². The zero-order valence-corrected chi connectivity index (χ0v) is 12.5. The Bertz CT molecular complexity index is 484. The first-order valence-corrected chi connectivity index (χ1v) is 8.03. The number of hydrogen-bond donors (Lipinski definition) is 2. The summed E-state index contributed by atoms with van der Waals surface area (Å²) >= 11 is 0. The van der Waals surface area contributed by atoms with Gasteiger partial charge in [-0.15, -0.1) is 0 Å². The predicted molar refractivity (Wildman–Crippen MR) is 73.2 cm³/mol. The maximum absolute atomic E-state index is 12.1. The number of nitrogens with one attached hydrogen (secondary N) is 1. The van der Waals surface area contributed by atoms with E-state index in [-0.39, 0.29) is 24.1 Å². The smallest absolute Gasteiger partial charge is 0.243 e. The van der Waals surface area contributed by atoms with Crippen molar-refractivity contribution in [1.29, 1.82) is 0 Å². The molecule has 6 nitrogen and oxygen atoms in total. The summed E-state index contributed by atoms with van der Waals surface area (Å²) in [6.07, 6.45) is 4.56. The molecular formula is C12H23N3O3S. The summed E-state index contributed by atoms with van der Waals surface area (Å²) in [5.74, 6) is 0.481. The van der Waals surface area contributed by atoms with E-state index in [1.807, 2.05) is 6.92 Å². The van der Waals surface area contributed by atoms with E-state index in [4.69, 9.17) is 5.11 Å². The Morgan fingerprint density at radius 1 is 1.47 bits per heavy atom. The van der Waals surface area contributed by atoms with E-state index in [1.54, 1.807) is 0 Å². The van der Waals surface area contributed by atoms with Crippen LogP contribution in [0.1, 0.15) is 33.6 Å². The van der Waals surface area contributed by atoms with Gasteiger partial charge in [-0.1, -0.05) is 20.3 Å². The molecule has 0 saturated heterocycles. The highest BCUT2D eigenvalue weighted by atomic mass is 32.2. The highest BCUT2D eigenvalue weighted by Crippen LogP contribution is 2.13. The average molecular weight is 289 g/mol. The van der Waals surface area contributed by atoms with E-state index in [0.29, 0.717) is 5.92 Å². The van der Waals surface area contributed by atoms with E-state index in [1.165, 1.54) is 17.1 Å². The van der Waals surface area contributed by atoms with Crippen LogP contribution in [0.2, 0.25) is 0 Å². The van der Waals surface area contributed by atoms with Gasteiger partial charge in [-0.25, -0.2) is 13.1 Å². The molecule has 0 aliphatic rings. The molecule has 1 aromatic heterocycles.